The van der Waals surface area contributed by atoms with Crippen molar-refractivity contribution in [1.82, 2.24) is 4.98 Å². The molecule has 1 unspecified atom stereocenters. The first-order valence-corrected chi connectivity index (χ1v) is 10.3. The summed E-state index contributed by atoms with van der Waals surface area (Å²) < 4.78 is 0. The predicted molar refractivity (Wildman–Crippen MR) is 109 cm³/mol. The van der Waals surface area contributed by atoms with Gasteiger partial charge in [0.1, 0.15) is 17.2 Å². The van der Waals surface area contributed by atoms with Gasteiger partial charge in [0, 0.05) is 21.4 Å². The zero-order chi connectivity index (χ0) is 19.4. The molecule has 0 amide bonds. The van der Waals surface area contributed by atoms with Crippen LogP contribution >= 0.6 is 34.5 Å². The first-order valence-electron chi connectivity index (χ1n) is 8.70. The molecule has 3 nitrogen and oxygen atoms in total. The number of aryl methyl sites for hydroxylation is 1. The van der Waals surface area contributed by atoms with Crippen LogP contribution in [-0.4, -0.2) is 17.1 Å². The number of hydrogen-bond donors (Lipinski definition) is 0. The lowest BCUT2D eigenvalue weighted by Crippen LogP contribution is -2.25. The molecule has 2 atom stereocenters. The fourth-order valence-corrected chi connectivity index (χ4v) is 4.60. The quantitative estimate of drug-likeness (QED) is 0.375. The molecule has 0 radical (unpaired) electrons. The van der Waals surface area contributed by atoms with Gasteiger partial charge in [0.25, 0.3) is 0 Å². The molecule has 26 heavy (non-hydrogen) atoms. The number of hydrogen-bond acceptors (Lipinski definition) is 4. The van der Waals surface area contributed by atoms with Crippen LogP contribution in [0.3, 0.4) is 0 Å². The van der Waals surface area contributed by atoms with Crippen LogP contribution < -0.4 is 0 Å². The third kappa shape index (κ3) is 4.73. The smallest absolute Gasteiger partial charge is 0.152 e. The topological polar surface area (TPSA) is 47.0 Å². The number of Topliss-reactive ketones (excluding diaryl/α,β-unsaturated/α-hetero) is 1. The van der Waals surface area contributed by atoms with Gasteiger partial charge in [-0.05, 0) is 43.9 Å². The van der Waals surface area contributed by atoms with Gasteiger partial charge in [-0.25, -0.2) is 4.98 Å². The van der Waals surface area contributed by atoms with Crippen LogP contribution in [0.1, 0.15) is 50.1 Å². The zero-order valence-corrected chi connectivity index (χ0v) is 17.7. The van der Waals surface area contributed by atoms with E-state index in [4.69, 9.17) is 23.2 Å². The number of carbonyl (C=O) groups is 2. The minimum absolute atomic E-state index is 0.0432. The molecule has 140 valence electrons. The second-order valence-electron chi connectivity index (χ2n) is 6.84. The highest BCUT2D eigenvalue weighted by Crippen LogP contribution is 2.37. The maximum absolute atomic E-state index is 12.9. The molecule has 2 rings (SSSR count). The van der Waals surface area contributed by atoms with Crippen LogP contribution in [0.5, 0.6) is 0 Å². The number of aldehydes is 1. The molecule has 0 bridgehead atoms. The summed E-state index contributed by atoms with van der Waals surface area (Å²) in [5.41, 5.74) is 1.29. The van der Waals surface area contributed by atoms with E-state index >= 15 is 0 Å². The van der Waals surface area contributed by atoms with Gasteiger partial charge in [0.15, 0.2) is 5.78 Å². The van der Waals surface area contributed by atoms with Gasteiger partial charge < -0.3 is 4.79 Å². The van der Waals surface area contributed by atoms with E-state index in [1.165, 1.54) is 11.3 Å². The number of carbonyl (C=O) groups excluding carboxylic acids is 2. The van der Waals surface area contributed by atoms with Crippen molar-refractivity contribution in [2.24, 2.45) is 11.8 Å². The Balaban J connectivity index is 2.38. The highest BCUT2D eigenvalue weighted by Gasteiger charge is 2.31. The number of aromatic nitrogens is 1. The molecule has 1 heterocycles. The van der Waals surface area contributed by atoms with Gasteiger partial charge in [0.2, 0.25) is 0 Å². The number of thiazole rings is 1. The normalized spacial score (nSPS) is 13.7. The summed E-state index contributed by atoms with van der Waals surface area (Å²) in [6, 6.07) is 5.21. The molecular formula is C20H23Cl2NO2S. The number of halogens is 2. The number of ketones is 1. The van der Waals surface area contributed by atoms with Gasteiger partial charge >= 0.3 is 0 Å². The fraction of sp³-hybridized carbons (Fsp3) is 0.450. The Labute approximate surface area is 168 Å². The first-order chi connectivity index (χ1) is 12.3. The molecule has 0 N–H and O–H groups in total. The van der Waals surface area contributed by atoms with Crippen molar-refractivity contribution < 1.29 is 9.59 Å². The molecule has 6 heteroatoms. The van der Waals surface area contributed by atoms with E-state index in [1.54, 1.807) is 18.2 Å². The van der Waals surface area contributed by atoms with Gasteiger partial charge in [-0.2, -0.15) is 0 Å². The summed E-state index contributed by atoms with van der Waals surface area (Å²) in [5, 5.41) is 1.74. The maximum Gasteiger partial charge on any atom is 0.152 e. The SMILES string of the molecule is CC[C@H](CC(C)C)C(=O)C(C=O)c1nc(-c2ccc(Cl)cc2Cl)sc1C. The molecule has 0 aliphatic heterocycles. The fourth-order valence-electron chi connectivity index (χ4n) is 3.05. The first kappa shape index (κ1) is 21.1. The summed E-state index contributed by atoms with van der Waals surface area (Å²) in [6.45, 7) is 8.04. The highest BCUT2D eigenvalue weighted by molar-refractivity contribution is 7.15. The van der Waals surface area contributed by atoms with E-state index in [0.29, 0.717) is 26.7 Å². The van der Waals surface area contributed by atoms with Crippen LogP contribution in [-0.2, 0) is 9.59 Å². The molecule has 0 fully saturated rings. The van der Waals surface area contributed by atoms with Crippen molar-refractivity contribution in [2.45, 2.75) is 46.5 Å². The van der Waals surface area contributed by atoms with Crippen molar-refractivity contribution >= 4 is 46.6 Å². The van der Waals surface area contributed by atoms with E-state index in [1.807, 2.05) is 13.8 Å². The average Bonchev–Trinajstić information content (AvgIpc) is 2.94. The Hall–Kier alpha value is -1.23. The molecule has 1 aromatic heterocycles. The summed E-state index contributed by atoms with van der Waals surface area (Å²) in [4.78, 5) is 30.2. The molecule has 1 aromatic carbocycles. The number of rotatable bonds is 8. The van der Waals surface area contributed by atoms with E-state index in [9.17, 15) is 9.59 Å². The van der Waals surface area contributed by atoms with Crippen molar-refractivity contribution in [3.05, 3.63) is 38.8 Å². The predicted octanol–water partition coefficient (Wildman–Crippen LogP) is 6.35. The Morgan fingerprint density at radius 1 is 1.31 bits per heavy atom. The lowest BCUT2D eigenvalue weighted by atomic mass is 9.84. The van der Waals surface area contributed by atoms with Crippen molar-refractivity contribution in [3.8, 4) is 10.6 Å². The van der Waals surface area contributed by atoms with Gasteiger partial charge in [-0.15, -0.1) is 11.3 Å². The Morgan fingerprint density at radius 3 is 2.54 bits per heavy atom. The Kier molecular flexibility index (Phi) is 7.39. The van der Waals surface area contributed by atoms with E-state index < -0.39 is 5.92 Å². The summed E-state index contributed by atoms with van der Waals surface area (Å²) in [5.74, 6) is -0.599. The molecule has 0 aliphatic carbocycles. The molecule has 0 saturated heterocycles. The number of benzene rings is 1. The minimum atomic E-state index is -0.824. The maximum atomic E-state index is 12.9. The van der Waals surface area contributed by atoms with Crippen LogP contribution in [0.4, 0.5) is 0 Å². The lowest BCUT2D eigenvalue weighted by Gasteiger charge is -2.19. The molecule has 0 aliphatic rings. The molecule has 0 saturated carbocycles. The highest BCUT2D eigenvalue weighted by atomic mass is 35.5. The Bertz CT molecular complexity index is 801. The van der Waals surface area contributed by atoms with Gasteiger partial charge in [0.05, 0.1) is 10.7 Å². The van der Waals surface area contributed by atoms with Crippen LogP contribution in [0.2, 0.25) is 10.0 Å². The van der Waals surface area contributed by atoms with E-state index in [0.717, 1.165) is 29.6 Å². The Morgan fingerprint density at radius 2 is 2.00 bits per heavy atom. The number of nitrogens with zero attached hydrogens (tertiary/aromatic N) is 1. The largest absolute Gasteiger partial charge is 0.302 e. The lowest BCUT2D eigenvalue weighted by molar-refractivity contribution is -0.128. The summed E-state index contributed by atoms with van der Waals surface area (Å²) in [6.07, 6.45) is 2.22. The standard InChI is InChI=1S/C20H23Cl2NO2S/c1-5-13(8-11(2)3)19(25)16(10-24)18-12(4)26-20(23-18)15-7-6-14(21)9-17(15)22/h6-7,9-11,13,16H,5,8H2,1-4H3/t13-,16?/m1/s1. The molecular weight excluding hydrogens is 389 g/mol. The molecule has 2 aromatic rings. The zero-order valence-electron chi connectivity index (χ0n) is 15.4. The summed E-state index contributed by atoms with van der Waals surface area (Å²) in [7, 11) is 0. The van der Waals surface area contributed by atoms with Crippen LogP contribution in [0.15, 0.2) is 18.2 Å². The van der Waals surface area contributed by atoms with Gasteiger partial charge in [-0.1, -0.05) is 44.0 Å². The van der Waals surface area contributed by atoms with Crippen molar-refractivity contribution in [3.63, 3.8) is 0 Å². The van der Waals surface area contributed by atoms with Crippen molar-refractivity contribution in [2.75, 3.05) is 0 Å². The van der Waals surface area contributed by atoms with E-state index in [2.05, 4.69) is 18.8 Å². The monoisotopic (exact) mass is 411 g/mol. The van der Waals surface area contributed by atoms with E-state index in [-0.39, 0.29) is 11.7 Å². The average molecular weight is 412 g/mol. The van der Waals surface area contributed by atoms with Crippen LogP contribution in [0.25, 0.3) is 10.6 Å². The third-order valence-electron chi connectivity index (χ3n) is 4.38. The second kappa shape index (κ2) is 9.12. The molecule has 0 spiro atoms. The van der Waals surface area contributed by atoms with Crippen molar-refractivity contribution in [1.29, 1.82) is 0 Å². The minimum Gasteiger partial charge on any atom is -0.302 e. The summed E-state index contributed by atoms with van der Waals surface area (Å²) >= 11 is 13.7. The van der Waals surface area contributed by atoms with Crippen LogP contribution in [0, 0.1) is 18.8 Å². The second-order valence-corrected chi connectivity index (χ2v) is 8.88. The third-order valence-corrected chi connectivity index (χ3v) is 5.95. The van der Waals surface area contributed by atoms with Gasteiger partial charge in [-0.3, -0.25) is 4.79 Å².